The molecule has 1 aromatic rings. The standard InChI is InChI=1S/C18H29N3O4S/c1-4-21(5-2)26(23,24)17-8-6-16(7-9-17)15(3)19-14-18(22)20-10-12-25-13-11-20/h6-9,15,19H,4-5,10-14H2,1-3H3/t15-/m1/s1. The Hall–Kier alpha value is -1.48. The number of ether oxygens (including phenoxy) is 1. The molecule has 1 amide bonds. The van der Waals surface area contributed by atoms with E-state index in [1.165, 1.54) is 4.31 Å². The van der Waals surface area contributed by atoms with Crippen LogP contribution in [0.1, 0.15) is 32.4 Å². The number of carbonyl (C=O) groups is 1. The summed E-state index contributed by atoms with van der Waals surface area (Å²) in [5.41, 5.74) is 0.943. The molecular formula is C18H29N3O4S. The summed E-state index contributed by atoms with van der Waals surface area (Å²) in [6, 6.07) is 6.81. The number of rotatable bonds is 8. The number of nitrogens with zero attached hydrogens (tertiary/aromatic N) is 2. The molecule has 1 N–H and O–H groups in total. The van der Waals surface area contributed by atoms with E-state index in [1.54, 1.807) is 29.2 Å². The Morgan fingerprint density at radius 1 is 1.19 bits per heavy atom. The molecule has 1 heterocycles. The number of morpholine rings is 1. The minimum atomic E-state index is -3.44. The predicted octanol–water partition coefficient (Wildman–Crippen LogP) is 1.23. The van der Waals surface area contributed by atoms with Crippen LogP contribution in [0.25, 0.3) is 0 Å². The molecule has 26 heavy (non-hydrogen) atoms. The van der Waals surface area contributed by atoms with Crippen molar-refractivity contribution in [3.63, 3.8) is 0 Å². The van der Waals surface area contributed by atoms with Gasteiger partial charge < -0.3 is 15.0 Å². The van der Waals surface area contributed by atoms with Crippen LogP contribution >= 0.6 is 0 Å². The summed E-state index contributed by atoms with van der Waals surface area (Å²) >= 11 is 0. The molecule has 1 saturated heterocycles. The zero-order valence-electron chi connectivity index (χ0n) is 15.8. The number of hydrogen-bond acceptors (Lipinski definition) is 5. The first-order chi connectivity index (χ1) is 12.4. The Bertz CT molecular complexity index is 681. The van der Waals surface area contributed by atoms with Gasteiger partial charge in [-0.1, -0.05) is 26.0 Å². The highest BCUT2D eigenvalue weighted by atomic mass is 32.2. The third kappa shape index (κ3) is 5.03. The van der Waals surface area contributed by atoms with Crippen molar-refractivity contribution in [1.82, 2.24) is 14.5 Å². The summed E-state index contributed by atoms with van der Waals surface area (Å²) in [4.78, 5) is 14.3. The van der Waals surface area contributed by atoms with E-state index in [-0.39, 0.29) is 18.5 Å². The van der Waals surface area contributed by atoms with E-state index in [0.29, 0.717) is 44.3 Å². The van der Waals surface area contributed by atoms with E-state index in [4.69, 9.17) is 4.74 Å². The molecule has 1 aliphatic rings. The van der Waals surface area contributed by atoms with E-state index >= 15 is 0 Å². The second kappa shape index (κ2) is 9.45. The Morgan fingerprint density at radius 2 is 1.77 bits per heavy atom. The first-order valence-corrected chi connectivity index (χ1v) is 10.5. The normalized spacial score (nSPS) is 16.7. The van der Waals surface area contributed by atoms with Gasteiger partial charge in [0.1, 0.15) is 0 Å². The molecule has 2 rings (SSSR count). The van der Waals surface area contributed by atoms with E-state index < -0.39 is 10.0 Å². The summed E-state index contributed by atoms with van der Waals surface area (Å²) in [5.74, 6) is 0.0564. The molecule has 1 atom stereocenters. The number of nitrogens with one attached hydrogen (secondary N) is 1. The van der Waals surface area contributed by atoms with Gasteiger partial charge in [-0.25, -0.2) is 8.42 Å². The maximum absolute atomic E-state index is 12.5. The molecule has 1 fully saturated rings. The van der Waals surface area contributed by atoms with Gasteiger partial charge in [0.15, 0.2) is 0 Å². The van der Waals surface area contributed by atoms with E-state index in [0.717, 1.165) is 5.56 Å². The van der Waals surface area contributed by atoms with Crippen molar-refractivity contribution in [2.45, 2.75) is 31.7 Å². The molecule has 0 radical (unpaired) electrons. The van der Waals surface area contributed by atoms with Crippen LogP contribution in [0.15, 0.2) is 29.2 Å². The third-order valence-corrected chi connectivity index (χ3v) is 6.71. The van der Waals surface area contributed by atoms with Gasteiger partial charge in [0.25, 0.3) is 0 Å². The molecule has 146 valence electrons. The summed E-state index contributed by atoms with van der Waals surface area (Å²) in [6.45, 7) is 9.19. The highest BCUT2D eigenvalue weighted by Crippen LogP contribution is 2.19. The average Bonchev–Trinajstić information content (AvgIpc) is 2.67. The molecule has 7 nitrogen and oxygen atoms in total. The third-order valence-electron chi connectivity index (χ3n) is 4.65. The molecular weight excluding hydrogens is 354 g/mol. The van der Waals surface area contributed by atoms with Gasteiger partial charge in [-0.3, -0.25) is 4.79 Å². The van der Waals surface area contributed by atoms with Crippen molar-refractivity contribution in [1.29, 1.82) is 0 Å². The van der Waals surface area contributed by atoms with Crippen molar-refractivity contribution in [3.8, 4) is 0 Å². The molecule has 8 heteroatoms. The zero-order chi connectivity index (χ0) is 19.2. The van der Waals surface area contributed by atoms with Gasteiger partial charge in [-0.2, -0.15) is 4.31 Å². The first kappa shape index (κ1) is 20.8. The number of sulfonamides is 1. The fourth-order valence-electron chi connectivity index (χ4n) is 2.92. The Balaban J connectivity index is 1.95. The lowest BCUT2D eigenvalue weighted by Crippen LogP contribution is -2.45. The lowest BCUT2D eigenvalue weighted by molar-refractivity contribution is -0.134. The van der Waals surface area contributed by atoms with Crippen molar-refractivity contribution in [2.75, 3.05) is 45.9 Å². The summed E-state index contributed by atoms with van der Waals surface area (Å²) in [5, 5.41) is 3.21. The van der Waals surface area contributed by atoms with E-state index in [9.17, 15) is 13.2 Å². The minimum absolute atomic E-state index is 0.0507. The topological polar surface area (TPSA) is 79.0 Å². The van der Waals surface area contributed by atoms with Gasteiger partial charge in [0.05, 0.1) is 24.7 Å². The number of carbonyl (C=O) groups excluding carboxylic acids is 1. The second-order valence-corrected chi connectivity index (χ2v) is 8.19. The smallest absolute Gasteiger partial charge is 0.243 e. The maximum Gasteiger partial charge on any atom is 0.243 e. The van der Waals surface area contributed by atoms with Gasteiger partial charge in [0.2, 0.25) is 15.9 Å². The van der Waals surface area contributed by atoms with Gasteiger partial charge >= 0.3 is 0 Å². The van der Waals surface area contributed by atoms with E-state index in [2.05, 4.69) is 5.32 Å². The first-order valence-electron chi connectivity index (χ1n) is 9.09. The molecule has 0 aliphatic carbocycles. The van der Waals surface area contributed by atoms with Crippen molar-refractivity contribution in [2.24, 2.45) is 0 Å². The monoisotopic (exact) mass is 383 g/mol. The zero-order valence-corrected chi connectivity index (χ0v) is 16.6. The highest BCUT2D eigenvalue weighted by Gasteiger charge is 2.22. The molecule has 0 spiro atoms. The highest BCUT2D eigenvalue weighted by molar-refractivity contribution is 7.89. The van der Waals surface area contributed by atoms with Crippen molar-refractivity contribution >= 4 is 15.9 Å². The molecule has 1 aromatic carbocycles. The maximum atomic E-state index is 12.5. The van der Waals surface area contributed by atoms with E-state index in [1.807, 2.05) is 20.8 Å². The largest absolute Gasteiger partial charge is 0.378 e. The number of hydrogen-bond donors (Lipinski definition) is 1. The van der Waals surface area contributed by atoms with Crippen LogP contribution in [0, 0.1) is 0 Å². The molecule has 0 unspecified atom stereocenters. The van der Waals surface area contributed by atoms with Gasteiger partial charge in [0, 0.05) is 32.2 Å². The van der Waals surface area contributed by atoms with Crippen LogP contribution in [0.3, 0.4) is 0 Å². The lowest BCUT2D eigenvalue weighted by atomic mass is 10.1. The van der Waals surface area contributed by atoms with Crippen LogP contribution in [0.4, 0.5) is 0 Å². The van der Waals surface area contributed by atoms with Crippen LogP contribution in [0.2, 0.25) is 0 Å². The SMILES string of the molecule is CCN(CC)S(=O)(=O)c1ccc([C@@H](C)NCC(=O)N2CCOCC2)cc1. The molecule has 0 aromatic heterocycles. The quantitative estimate of drug-likeness (QED) is 0.730. The second-order valence-electron chi connectivity index (χ2n) is 6.25. The van der Waals surface area contributed by atoms with Crippen LogP contribution in [-0.2, 0) is 19.6 Å². The predicted molar refractivity (Wildman–Crippen MR) is 100 cm³/mol. The lowest BCUT2D eigenvalue weighted by Gasteiger charge is -2.27. The van der Waals surface area contributed by atoms with Gasteiger partial charge in [-0.15, -0.1) is 0 Å². The molecule has 1 aliphatic heterocycles. The van der Waals surface area contributed by atoms with Gasteiger partial charge in [-0.05, 0) is 24.6 Å². The van der Waals surface area contributed by atoms with Crippen LogP contribution < -0.4 is 5.32 Å². The fraction of sp³-hybridized carbons (Fsp3) is 0.611. The van der Waals surface area contributed by atoms with Crippen molar-refractivity contribution < 1.29 is 17.9 Å². The fourth-order valence-corrected chi connectivity index (χ4v) is 4.38. The van der Waals surface area contributed by atoms with Crippen molar-refractivity contribution in [3.05, 3.63) is 29.8 Å². The summed E-state index contributed by atoms with van der Waals surface area (Å²) in [7, 11) is -3.44. The number of amides is 1. The Kier molecular flexibility index (Phi) is 7.57. The van der Waals surface area contributed by atoms with Crippen LogP contribution in [0.5, 0.6) is 0 Å². The summed E-state index contributed by atoms with van der Waals surface area (Å²) in [6.07, 6.45) is 0. The Labute approximate surface area is 156 Å². The molecule has 0 bridgehead atoms. The molecule has 0 saturated carbocycles. The summed E-state index contributed by atoms with van der Waals surface area (Å²) < 4.78 is 31.7. The van der Waals surface area contributed by atoms with Crippen LogP contribution in [-0.4, -0.2) is 69.5 Å². The minimum Gasteiger partial charge on any atom is -0.378 e. The average molecular weight is 384 g/mol. The Morgan fingerprint density at radius 3 is 2.31 bits per heavy atom. The number of benzene rings is 1.